The summed E-state index contributed by atoms with van der Waals surface area (Å²) in [7, 11) is 0. The van der Waals surface area contributed by atoms with E-state index in [1.807, 2.05) is 61.5 Å². The van der Waals surface area contributed by atoms with Crippen molar-refractivity contribution < 1.29 is 14.3 Å². The summed E-state index contributed by atoms with van der Waals surface area (Å²) in [6.07, 6.45) is 1.73. The van der Waals surface area contributed by atoms with Crippen LogP contribution < -0.4 is 14.8 Å². The van der Waals surface area contributed by atoms with Crippen molar-refractivity contribution in [1.82, 2.24) is 15.1 Å². The van der Waals surface area contributed by atoms with E-state index < -0.39 is 0 Å². The molecule has 3 aromatic rings. The first-order valence-corrected chi connectivity index (χ1v) is 9.60. The van der Waals surface area contributed by atoms with Gasteiger partial charge in [-0.1, -0.05) is 25.1 Å². The molecule has 28 heavy (non-hydrogen) atoms. The molecule has 0 atom stereocenters. The third-order valence-corrected chi connectivity index (χ3v) is 4.52. The quantitative estimate of drug-likeness (QED) is 0.734. The lowest BCUT2D eigenvalue weighted by molar-refractivity contribution is 0.0948. The lowest BCUT2D eigenvalue weighted by atomic mass is 10.1. The predicted octanol–water partition coefficient (Wildman–Crippen LogP) is 3.84. The Hall–Kier alpha value is -3.28. The molecule has 4 rings (SSSR count). The molecular formula is C22H23N3O3. The summed E-state index contributed by atoms with van der Waals surface area (Å²) in [5.41, 5.74) is 3.01. The number of fused-ring (bicyclic) bond motifs is 1. The topological polar surface area (TPSA) is 65.4 Å². The minimum Gasteiger partial charge on any atom is -0.490 e. The van der Waals surface area contributed by atoms with Gasteiger partial charge < -0.3 is 14.8 Å². The Bertz CT molecular complexity index is 966. The number of amides is 1. The molecule has 1 aliphatic rings. The fourth-order valence-corrected chi connectivity index (χ4v) is 3.12. The van der Waals surface area contributed by atoms with E-state index in [1.54, 1.807) is 4.68 Å². The number of benzene rings is 2. The number of aromatic nitrogens is 2. The fraction of sp³-hybridized carbons (Fsp3) is 0.273. The fourth-order valence-electron chi connectivity index (χ4n) is 3.12. The smallest absolute Gasteiger partial charge is 0.271 e. The van der Waals surface area contributed by atoms with E-state index in [1.165, 1.54) is 0 Å². The maximum Gasteiger partial charge on any atom is 0.271 e. The molecule has 0 unspecified atom stereocenters. The van der Waals surface area contributed by atoms with Crippen molar-refractivity contribution in [3.05, 3.63) is 60.3 Å². The zero-order valence-corrected chi connectivity index (χ0v) is 15.9. The van der Waals surface area contributed by atoms with Crippen molar-refractivity contribution in [3.8, 4) is 28.4 Å². The zero-order chi connectivity index (χ0) is 19.3. The van der Waals surface area contributed by atoms with Gasteiger partial charge in [-0.25, -0.2) is 4.68 Å². The van der Waals surface area contributed by atoms with Gasteiger partial charge in [0, 0.05) is 18.5 Å². The lowest BCUT2D eigenvalue weighted by Gasteiger charge is -2.11. The van der Waals surface area contributed by atoms with Gasteiger partial charge in [-0.05, 0) is 42.8 Å². The standard InChI is InChI=1S/C22H23N3O3/c1-2-11-23-22(26)18-15-19(25(24-18)17-7-4-3-5-8-17)16-9-10-20-21(14-16)28-13-6-12-27-20/h3-5,7-10,14-15H,2,6,11-13H2,1H3,(H,23,26). The molecule has 2 heterocycles. The highest BCUT2D eigenvalue weighted by Crippen LogP contribution is 2.35. The maximum atomic E-state index is 12.5. The molecule has 1 aliphatic heterocycles. The van der Waals surface area contributed by atoms with Crippen LogP contribution in [0, 0.1) is 0 Å². The second-order valence-electron chi connectivity index (χ2n) is 6.63. The molecule has 0 bridgehead atoms. The SMILES string of the molecule is CCCNC(=O)c1cc(-c2ccc3c(c2)OCCCO3)n(-c2ccccc2)n1. The third-order valence-electron chi connectivity index (χ3n) is 4.52. The number of nitrogens with one attached hydrogen (secondary N) is 1. The lowest BCUT2D eigenvalue weighted by Crippen LogP contribution is -2.24. The van der Waals surface area contributed by atoms with Gasteiger partial charge in [0.25, 0.3) is 5.91 Å². The summed E-state index contributed by atoms with van der Waals surface area (Å²) < 4.78 is 13.4. The summed E-state index contributed by atoms with van der Waals surface area (Å²) in [5.74, 6) is 1.29. The zero-order valence-electron chi connectivity index (χ0n) is 15.9. The minimum absolute atomic E-state index is 0.174. The summed E-state index contributed by atoms with van der Waals surface area (Å²) in [5, 5.41) is 7.46. The summed E-state index contributed by atoms with van der Waals surface area (Å²) in [4.78, 5) is 12.5. The van der Waals surface area contributed by atoms with Gasteiger partial charge in [0.15, 0.2) is 17.2 Å². The van der Waals surface area contributed by atoms with E-state index in [-0.39, 0.29) is 5.91 Å². The third kappa shape index (κ3) is 3.71. The number of rotatable bonds is 5. The number of para-hydroxylation sites is 1. The molecule has 0 fully saturated rings. The van der Waals surface area contributed by atoms with Crippen LogP contribution in [0.25, 0.3) is 16.9 Å². The Morgan fingerprint density at radius 2 is 1.86 bits per heavy atom. The highest BCUT2D eigenvalue weighted by Gasteiger charge is 2.18. The van der Waals surface area contributed by atoms with Crippen LogP contribution in [-0.4, -0.2) is 35.4 Å². The highest BCUT2D eigenvalue weighted by atomic mass is 16.5. The summed E-state index contributed by atoms with van der Waals surface area (Å²) in [6, 6.07) is 17.4. The number of hydrogen-bond donors (Lipinski definition) is 1. The monoisotopic (exact) mass is 377 g/mol. The molecule has 0 radical (unpaired) electrons. The highest BCUT2D eigenvalue weighted by molar-refractivity contribution is 5.93. The first kappa shape index (κ1) is 18.1. The van der Waals surface area contributed by atoms with E-state index >= 15 is 0 Å². The molecule has 0 spiro atoms. The Balaban J connectivity index is 1.78. The minimum atomic E-state index is -0.174. The Morgan fingerprint density at radius 3 is 2.64 bits per heavy atom. The Labute approximate surface area is 164 Å². The summed E-state index contributed by atoms with van der Waals surface area (Å²) >= 11 is 0. The number of hydrogen-bond acceptors (Lipinski definition) is 4. The van der Waals surface area contributed by atoms with Crippen molar-refractivity contribution in [1.29, 1.82) is 0 Å². The van der Waals surface area contributed by atoms with Gasteiger partial charge in [-0.3, -0.25) is 4.79 Å². The molecule has 6 nitrogen and oxygen atoms in total. The van der Waals surface area contributed by atoms with E-state index in [9.17, 15) is 4.79 Å². The number of nitrogens with zero attached hydrogens (tertiary/aromatic N) is 2. The van der Waals surface area contributed by atoms with Crippen molar-refractivity contribution >= 4 is 5.91 Å². The number of carbonyl (C=O) groups is 1. The molecule has 144 valence electrons. The molecule has 6 heteroatoms. The van der Waals surface area contributed by atoms with Crippen molar-refractivity contribution in [2.75, 3.05) is 19.8 Å². The first-order valence-electron chi connectivity index (χ1n) is 9.60. The second-order valence-corrected chi connectivity index (χ2v) is 6.63. The van der Waals surface area contributed by atoms with E-state index in [0.717, 1.165) is 35.5 Å². The molecule has 2 aromatic carbocycles. The Kier molecular flexibility index (Phi) is 5.28. The molecule has 1 aromatic heterocycles. The van der Waals surface area contributed by atoms with Crippen molar-refractivity contribution in [2.45, 2.75) is 19.8 Å². The van der Waals surface area contributed by atoms with Crippen LogP contribution in [0.5, 0.6) is 11.5 Å². The average molecular weight is 377 g/mol. The van der Waals surface area contributed by atoms with Crippen LogP contribution >= 0.6 is 0 Å². The van der Waals surface area contributed by atoms with Crippen molar-refractivity contribution in [3.63, 3.8) is 0 Å². The van der Waals surface area contributed by atoms with E-state index in [4.69, 9.17) is 9.47 Å². The van der Waals surface area contributed by atoms with E-state index in [2.05, 4.69) is 10.4 Å². The molecular weight excluding hydrogens is 354 g/mol. The van der Waals surface area contributed by atoms with Crippen LogP contribution in [0.1, 0.15) is 30.3 Å². The van der Waals surface area contributed by atoms with Crippen LogP contribution in [0.3, 0.4) is 0 Å². The van der Waals surface area contributed by atoms with Gasteiger partial charge in [0.05, 0.1) is 24.6 Å². The molecule has 0 saturated heterocycles. The van der Waals surface area contributed by atoms with Gasteiger partial charge in [-0.15, -0.1) is 0 Å². The van der Waals surface area contributed by atoms with Gasteiger partial charge in [0.2, 0.25) is 0 Å². The normalized spacial score (nSPS) is 13.0. The molecule has 1 amide bonds. The van der Waals surface area contributed by atoms with Crippen LogP contribution in [0.15, 0.2) is 54.6 Å². The largest absolute Gasteiger partial charge is 0.490 e. The average Bonchev–Trinajstić information content (AvgIpc) is 3.05. The van der Waals surface area contributed by atoms with Gasteiger partial charge in [-0.2, -0.15) is 5.10 Å². The molecule has 0 aliphatic carbocycles. The van der Waals surface area contributed by atoms with Crippen LogP contribution in [0.4, 0.5) is 0 Å². The maximum absolute atomic E-state index is 12.5. The predicted molar refractivity (Wildman–Crippen MR) is 107 cm³/mol. The second kappa shape index (κ2) is 8.17. The van der Waals surface area contributed by atoms with Crippen LogP contribution in [-0.2, 0) is 0 Å². The Morgan fingerprint density at radius 1 is 1.07 bits per heavy atom. The van der Waals surface area contributed by atoms with Crippen LogP contribution in [0.2, 0.25) is 0 Å². The summed E-state index contributed by atoms with van der Waals surface area (Å²) in [6.45, 7) is 3.91. The van der Waals surface area contributed by atoms with Crippen molar-refractivity contribution in [2.24, 2.45) is 0 Å². The number of carbonyl (C=O) groups excluding carboxylic acids is 1. The molecule has 0 saturated carbocycles. The van der Waals surface area contributed by atoms with Gasteiger partial charge >= 0.3 is 0 Å². The number of ether oxygens (including phenoxy) is 2. The first-order chi connectivity index (χ1) is 13.8. The van der Waals surface area contributed by atoms with E-state index in [0.29, 0.717) is 31.2 Å². The van der Waals surface area contributed by atoms with Gasteiger partial charge in [0.1, 0.15) is 0 Å². The molecule has 1 N–H and O–H groups in total.